The number of benzene rings is 2. The van der Waals surface area contributed by atoms with Crippen LogP contribution in [-0.4, -0.2) is 29.1 Å². The van der Waals surface area contributed by atoms with Crippen molar-refractivity contribution in [2.24, 2.45) is 0 Å². The summed E-state index contributed by atoms with van der Waals surface area (Å²) in [6.07, 6.45) is 3.95. The van der Waals surface area contributed by atoms with Crippen LogP contribution in [0, 0.1) is 13.8 Å². The molecule has 0 saturated carbocycles. The predicted molar refractivity (Wildman–Crippen MR) is 123 cm³/mol. The van der Waals surface area contributed by atoms with Crippen molar-refractivity contribution in [2.45, 2.75) is 52.8 Å². The van der Waals surface area contributed by atoms with Crippen molar-refractivity contribution < 1.29 is 14.1 Å². The molecule has 2 heterocycles. The van der Waals surface area contributed by atoms with Crippen molar-refractivity contribution in [3.05, 3.63) is 82.2 Å². The van der Waals surface area contributed by atoms with Crippen LogP contribution in [0.4, 0.5) is 0 Å². The second kappa shape index (κ2) is 10.5. The van der Waals surface area contributed by atoms with E-state index in [1.54, 1.807) is 6.07 Å². The summed E-state index contributed by atoms with van der Waals surface area (Å²) in [6, 6.07) is 15.8. The van der Waals surface area contributed by atoms with Gasteiger partial charge in [-0.3, -0.25) is 9.69 Å². The van der Waals surface area contributed by atoms with Gasteiger partial charge in [-0.1, -0.05) is 48.0 Å². The molecule has 2 aromatic carbocycles. The third kappa shape index (κ3) is 5.56. The van der Waals surface area contributed by atoms with Gasteiger partial charge in [0.25, 0.3) is 5.91 Å². The molecule has 1 fully saturated rings. The molecule has 3 aromatic rings. The van der Waals surface area contributed by atoms with Gasteiger partial charge in [0.05, 0.1) is 16.8 Å². The van der Waals surface area contributed by atoms with Crippen LogP contribution in [0.2, 0.25) is 0 Å². The van der Waals surface area contributed by atoms with Gasteiger partial charge in [-0.15, -0.1) is 0 Å². The summed E-state index contributed by atoms with van der Waals surface area (Å²) in [7, 11) is 0. The number of para-hydroxylation sites is 1. The van der Waals surface area contributed by atoms with Crippen molar-refractivity contribution in [2.75, 3.05) is 13.1 Å². The van der Waals surface area contributed by atoms with Crippen LogP contribution >= 0.6 is 0 Å². The Bertz CT molecular complexity index is 1020. The lowest BCUT2D eigenvalue weighted by molar-refractivity contribution is 0.0946. The summed E-state index contributed by atoms with van der Waals surface area (Å²) >= 11 is 0. The lowest BCUT2D eigenvalue weighted by Gasteiger charge is -2.26. The molecule has 1 aliphatic heterocycles. The van der Waals surface area contributed by atoms with E-state index in [9.17, 15) is 4.79 Å². The molecular weight excluding hydrogens is 402 g/mol. The number of aromatic nitrogens is 1. The number of carbonyl (C=O) groups is 1. The Kier molecular flexibility index (Phi) is 7.22. The van der Waals surface area contributed by atoms with E-state index >= 15 is 0 Å². The molecule has 0 bridgehead atoms. The Morgan fingerprint density at radius 3 is 2.47 bits per heavy atom. The SMILES string of the molecule is Cc1noc(C)c1COc1ccccc1C(=O)NCc1ccc(CN2CCCCC2)cc1. The number of ether oxygens (including phenoxy) is 1. The molecular formula is C26H31N3O3. The molecule has 0 atom stereocenters. The number of rotatable bonds is 8. The van der Waals surface area contributed by atoms with E-state index < -0.39 is 0 Å². The standard InChI is InChI=1S/C26H31N3O3/c1-19-24(20(2)32-28-19)18-31-25-9-5-4-8-23(25)26(30)27-16-21-10-12-22(13-11-21)17-29-14-6-3-7-15-29/h4-5,8-13H,3,6-7,14-18H2,1-2H3,(H,27,30). The van der Waals surface area contributed by atoms with Crippen LogP contribution < -0.4 is 10.1 Å². The van der Waals surface area contributed by atoms with Gasteiger partial charge >= 0.3 is 0 Å². The van der Waals surface area contributed by atoms with E-state index in [0.717, 1.165) is 29.1 Å². The van der Waals surface area contributed by atoms with Crippen molar-refractivity contribution in [3.63, 3.8) is 0 Å². The molecule has 32 heavy (non-hydrogen) atoms. The van der Waals surface area contributed by atoms with Crippen LogP contribution in [0.15, 0.2) is 53.1 Å². The first-order valence-electron chi connectivity index (χ1n) is 11.3. The minimum Gasteiger partial charge on any atom is -0.488 e. The predicted octanol–water partition coefficient (Wildman–Crippen LogP) is 4.79. The van der Waals surface area contributed by atoms with Crippen LogP contribution in [0.3, 0.4) is 0 Å². The molecule has 1 aliphatic rings. The zero-order valence-corrected chi connectivity index (χ0v) is 18.9. The van der Waals surface area contributed by atoms with Crippen LogP contribution in [-0.2, 0) is 19.7 Å². The Morgan fingerprint density at radius 2 is 1.75 bits per heavy atom. The third-order valence-electron chi connectivity index (χ3n) is 6.02. The number of piperidine rings is 1. The van der Waals surface area contributed by atoms with Gasteiger partial charge in [0.2, 0.25) is 0 Å². The highest BCUT2D eigenvalue weighted by molar-refractivity contribution is 5.96. The van der Waals surface area contributed by atoms with E-state index in [-0.39, 0.29) is 5.91 Å². The number of aryl methyl sites for hydroxylation is 2. The molecule has 6 heteroatoms. The van der Waals surface area contributed by atoms with Gasteiger partial charge in [0.15, 0.2) is 0 Å². The Morgan fingerprint density at radius 1 is 1.03 bits per heavy atom. The van der Waals surface area contributed by atoms with Gasteiger partial charge in [-0.05, 0) is 63.0 Å². The lowest BCUT2D eigenvalue weighted by Crippen LogP contribution is -2.29. The normalized spacial score (nSPS) is 14.3. The fourth-order valence-corrected chi connectivity index (χ4v) is 4.05. The molecule has 4 rings (SSSR count). The average molecular weight is 434 g/mol. The number of carbonyl (C=O) groups excluding carboxylic acids is 1. The molecule has 0 spiro atoms. The third-order valence-corrected chi connectivity index (χ3v) is 6.02. The molecule has 6 nitrogen and oxygen atoms in total. The number of amides is 1. The maximum atomic E-state index is 12.8. The summed E-state index contributed by atoms with van der Waals surface area (Å²) < 4.78 is 11.1. The molecule has 1 amide bonds. The van der Waals surface area contributed by atoms with Gasteiger partial charge in [-0.2, -0.15) is 0 Å². The Labute approximate surface area is 189 Å². The van der Waals surface area contributed by atoms with Crippen molar-refractivity contribution in [1.29, 1.82) is 0 Å². The highest BCUT2D eigenvalue weighted by Gasteiger charge is 2.15. The van der Waals surface area contributed by atoms with E-state index in [1.165, 1.54) is 37.9 Å². The molecule has 0 aliphatic carbocycles. The lowest BCUT2D eigenvalue weighted by atomic mass is 10.1. The van der Waals surface area contributed by atoms with Crippen LogP contribution in [0.25, 0.3) is 0 Å². The number of hydrogen-bond acceptors (Lipinski definition) is 5. The number of likely N-dealkylation sites (tertiary alicyclic amines) is 1. The van der Waals surface area contributed by atoms with E-state index in [0.29, 0.717) is 24.5 Å². The summed E-state index contributed by atoms with van der Waals surface area (Å²) in [5.41, 5.74) is 4.62. The highest BCUT2D eigenvalue weighted by atomic mass is 16.5. The van der Waals surface area contributed by atoms with Gasteiger partial charge in [0.1, 0.15) is 18.1 Å². The fourth-order valence-electron chi connectivity index (χ4n) is 4.05. The highest BCUT2D eigenvalue weighted by Crippen LogP contribution is 2.22. The van der Waals surface area contributed by atoms with E-state index in [4.69, 9.17) is 9.26 Å². The minimum absolute atomic E-state index is 0.156. The van der Waals surface area contributed by atoms with Gasteiger partial charge < -0.3 is 14.6 Å². The number of hydrogen-bond donors (Lipinski definition) is 1. The molecule has 168 valence electrons. The first kappa shape index (κ1) is 22.1. The maximum Gasteiger partial charge on any atom is 0.255 e. The first-order chi connectivity index (χ1) is 15.6. The molecule has 1 saturated heterocycles. The van der Waals surface area contributed by atoms with Crippen LogP contribution in [0.5, 0.6) is 5.75 Å². The zero-order chi connectivity index (χ0) is 22.3. The Hall–Kier alpha value is -3.12. The van der Waals surface area contributed by atoms with E-state index in [2.05, 4.69) is 39.6 Å². The van der Waals surface area contributed by atoms with E-state index in [1.807, 2.05) is 32.0 Å². The van der Waals surface area contributed by atoms with Crippen molar-refractivity contribution in [3.8, 4) is 5.75 Å². The smallest absolute Gasteiger partial charge is 0.255 e. The van der Waals surface area contributed by atoms with Gasteiger partial charge in [-0.25, -0.2) is 0 Å². The molecule has 1 N–H and O–H groups in total. The first-order valence-corrected chi connectivity index (χ1v) is 11.3. The summed E-state index contributed by atoms with van der Waals surface area (Å²) in [4.78, 5) is 15.3. The minimum atomic E-state index is -0.156. The molecule has 0 radical (unpaired) electrons. The summed E-state index contributed by atoms with van der Waals surface area (Å²) in [5.74, 6) is 1.12. The Balaban J connectivity index is 1.33. The monoisotopic (exact) mass is 433 g/mol. The maximum absolute atomic E-state index is 12.8. The van der Waals surface area contributed by atoms with Crippen molar-refractivity contribution in [1.82, 2.24) is 15.4 Å². The quantitative estimate of drug-likeness (QED) is 0.553. The van der Waals surface area contributed by atoms with Crippen LogP contribution in [0.1, 0.15) is 57.8 Å². The van der Waals surface area contributed by atoms with Crippen molar-refractivity contribution >= 4 is 5.91 Å². The topological polar surface area (TPSA) is 67.6 Å². The second-order valence-corrected chi connectivity index (χ2v) is 8.42. The average Bonchev–Trinajstić information content (AvgIpc) is 3.15. The largest absolute Gasteiger partial charge is 0.488 e. The summed E-state index contributed by atoms with van der Waals surface area (Å²) in [6.45, 7) is 7.90. The fraction of sp³-hybridized carbons (Fsp3) is 0.385. The van der Waals surface area contributed by atoms with Gasteiger partial charge in [0, 0.05) is 13.1 Å². The molecule has 1 aromatic heterocycles. The summed E-state index contributed by atoms with van der Waals surface area (Å²) in [5, 5.41) is 6.96. The number of nitrogens with one attached hydrogen (secondary N) is 1. The molecule has 0 unspecified atom stereocenters. The number of nitrogens with zero attached hydrogens (tertiary/aromatic N) is 2. The second-order valence-electron chi connectivity index (χ2n) is 8.42. The zero-order valence-electron chi connectivity index (χ0n) is 18.9.